The Hall–Kier alpha value is -2.13. The van der Waals surface area contributed by atoms with Crippen LogP contribution in [-0.4, -0.2) is 15.6 Å². The molecule has 1 aliphatic heterocycles. The van der Waals surface area contributed by atoms with E-state index in [2.05, 4.69) is 53.0 Å². The minimum atomic E-state index is 0.546. The lowest BCUT2D eigenvalue weighted by atomic mass is 10.0. The van der Waals surface area contributed by atoms with Gasteiger partial charge in [-0.1, -0.05) is 24.3 Å². The number of nitrogens with zero attached hydrogens (tertiary/aromatic N) is 2. The number of benzene rings is 1. The zero-order chi connectivity index (χ0) is 15.8. The quantitative estimate of drug-likeness (QED) is 0.801. The lowest BCUT2D eigenvalue weighted by Gasteiger charge is -2.23. The molecular formula is C20H23N3. The molecule has 1 aromatic carbocycles. The second-order valence-corrected chi connectivity index (χ2v) is 6.65. The van der Waals surface area contributed by atoms with Crippen LogP contribution in [0.5, 0.6) is 0 Å². The van der Waals surface area contributed by atoms with E-state index in [1.54, 1.807) is 0 Å². The number of fused-ring (bicyclic) bond motifs is 3. The van der Waals surface area contributed by atoms with Crippen molar-refractivity contribution in [2.45, 2.75) is 45.8 Å². The third kappa shape index (κ3) is 2.55. The zero-order valence-electron chi connectivity index (χ0n) is 13.8. The van der Waals surface area contributed by atoms with Crippen molar-refractivity contribution < 1.29 is 0 Å². The summed E-state index contributed by atoms with van der Waals surface area (Å²) in [4.78, 5) is 4.24. The lowest BCUT2D eigenvalue weighted by molar-refractivity contribution is 0.492. The van der Waals surface area contributed by atoms with Crippen LogP contribution in [0, 0.1) is 6.92 Å². The van der Waals surface area contributed by atoms with E-state index in [1.807, 2.05) is 18.5 Å². The number of pyridine rings is 1. The predicted molar refractivity (Wildman–Crippen MR) is 94.6 cm³/mol. The number of para-hydroxylation sites is 1. The van der Waals surface area contributed by atoms with Crippen molar-refractivity contribution in [1.82, 2.24) is 14.9 Å². The largest absolute Gasteiger partial charge is 0.344 e. The van der Waals surface area contributed by atoms with Crippen molar-refractivity contribution in [2.24, 2.45) is 0 Å². The molecule has 0 radical (unpaired) electrons. The Morgan fingerprint density at radius 3 is 3.00 bits per heavy atom. The zero-order valence-corrected chi connectivity index (χ0v) is 13.8. The first kappa shape index (κ1) is 14.5. The minimum absolute atomic E-state index is 0.546. The van der Waals surface area contributed by atoms with E-state index in [9.17, 15) is 0 Å². The average molecular weight is 305 g/mol. The van der Waals surface area contributed by atoms with E-state index < -0.39 is 0 Å². The van der Waals surface area contributed by atoms with Crippen LogP contribution in [0.4, 0.5) is 0 Å². The maximum atomic E-state index is 4.24. The molecule has 0 spiro atoms. The van der Waals surface area contributed by atoms with E-state index in [-0.39, 0.29) is 0 Å². The second kappa shape index (κ2) is 5.82. The summed E-state index contributed by atoms with van der Waals surface area (Å²) >= 11 is 0. The molecule has 1 aliphatic rings. The number of nitrogens with one attached hydrogen (secondary N) is 1. The van der Waals surface area contributed by atoms with Crippen molar-refractivity contribution in [1.29, 1.82) is 0 Å². The molecule has 3 nitrogen and oxygen atoms in total. The van der Waals surface area contributed by atoms with Gasteiger partial charge in [0.05, 0.1) is 5.52 Å². The maximum Gasteiger partial charge on any atom is 0.0515 e. The fraction of sp³-hybridized carbons (Fsp3) is 0.350. The van der Waals surface area contributed by atoms with Crippen molar-refractivity contribution in [3.05, 3.63) is 65.1 Å². The average Bonchev–Trinajstić information content (AvgIpc) is 2.88. The van der Waals surface area contributed by atoms with Gasteiger partial charge >= 0.3 is 0 Å². The van der Waals surface area contributed by atoms with Crippen molar-refractivity contribution in [3.63, 3.8) is 0 Å². The van der Waals surface area contributed by atoms with Gasteiger partial charge in [-0.15, -0.1) is 0 Å². The van der Waals surface area contributed by atoms with Crippen molar-refractivity contribution in [2.75, 3.05) is 0 Å². The molecule has 1 N–H and O–H groups in total. The fourth-order valence-corrected chi connectivity index (χ4v) is 3.82. The Balaban J connectivity index is 1.79. The number of hydrogen-bond donors (Lipinski definition) is 1. The highest BCUT2D eigenvalue weighted by atomic mass is 15.0. The minimum Gasteiger partial charge on any atom is -0.344 e. The third-order valence-corrected chi connectivity index (χ3v) is 4.98. The highest BCUT2D eigenvalue weighted by Crippen LogP contribution is 2.32. The van der Waals surface area contributed by atoms with Crippen LogP contribution in [-0.2, 0) is 25.9 Å². The number of aromatic nitrogens is 2. The van der Waals surface area contributed by atoms with Gasteiger partial charge in [-0.2, -0.15) is 0 Å². The van der Waals surface area contributed by atoms with Gasteiger partial charge in [0, 0.05) is 49.0 Å². The predicted octanol–water partition coefficient (Wildman–Crippen LogP) is 3.62. The summed E-state index contributed by atoms with van der Waals surface area (Å²) in [6.45, 7) is 6.51. The van der Waals surface area contributed by atoms with Gasteiger partial charge < -0.3 is 9.88 Å². The summed E-state index contributed by atoms with van der Waals surface area (Å²) in [7, 11) is 0. The van der Waals surface area contributed by atoms with Gasteiger partial charge in [0.1, 0.15) is 0 Å². The normalized spacial score (nSPS) is 17.4. The molecule has 3 aromatic rings. The Kier molecular flexibility index (Phi) is 3.66. The molecule has 0 aliphatic carbocycles. The van der Waals surface area contributed by atoms with Crippen molar-refractivity contribution in [3.8, 4) is 0 Å². The highest BCUT2D eigenvalue weighted by molar-refractivity contribution is 5.88. The van der Waals surface area contributed by atoms with Gasteiger partial charge in [-0.05, 0) is 43.0 Å². The summed E-state index contributed by atoms with van der Waals surface area (Å²) in [5.41, 5.74) is 7.10. The molecule has 4 rings (SSSR count). The van der Waals surface area contributed by atoms with Gasteiger partial charge in [0.15, 0.2) is 0 Å². The number of rotatable bonds is 3. The van der Waals surface area contributed by atoms with Crippen LogP contribution in [0.3, 0.4) is 0 Å². The standard InChI is InChI=1S/C20H23N3/c1-14-5-3-7-17-18-13-22-15(2)11-19(18)23(20(14)17)10-8-16-6-4-9-21-12-16/h3-7,9,12,15,22H,8,10-11,13H2,1-2H3. The molecule has 118 valence electrons. The topological polar surface area (TPSA) is 29.9 Å². The second-order valence-electron chi connectivity index (χ2n) is 6.65. The van der Waals surface area contributed by atoms with Crippen LogP contribution in [0.15, 0.2) is 42.7 Å². The van der Waals surface area contributed by atoms with Crippen LogP contribution < -0.4 is 5.32 Å². The first-order valence-corrected chi connectivity index (χ1v) is 8.46. The van der Waals surface area contributed by atoms with E-state index in [4.69, 9.17) is 0 Å². The van der Waals surface area contributed by atoms with E-state index in [0.717, 1.165) is 25.9 Å². The van der Waals surface area contributed by atoms with Gasteiger partial charge in [0.2, 0.25) is 0 Å². The van der Waals surface area contributed by atoms with Gasteiger partial charge in [-0.25, -0.2) is 0 Å². The van der Waals surface area contributed by atoms with Crippen LogP contribution in [0.25, 0.3) is 10.9 Å². The van der Waals surface area contributed by atoms with Crippen LogP contribution in [0.2, 0.25) is 0 Å². The van der Waals surface area contributed by atoms with Gasteiger partial charge in [-0.3, -0.25) is 4.98 Å². The lowest BCUT2D eigenvalue weighted by Crippen LogP contribution is -2.33. The molecule has 3 heteroatoms. The molecule has 0 saturated carbocycles. The number of hydrogen-bond acceptors (Lipinski definition) is 2. The van der Waals surface area contributed by atoms with E-state index in [1.165, 1.54) is 33.3 Å². The highest BCUT2D eigenvalue weighted by Gasteiger charge is 2.23. The summed E-state index contributed by atoms with van der Waals surface area (Å²) in [6, 6.07) is 11.4. The SMILES string of the molecule is Cc1cccc2c3c(n(CCc4cccnc4)c12)CC(C)NC3. The molecule has 0 fully saturated rings. The van der Waals surface area contributed by atoms with E-state index in [0.29, 0.717) is 6.04 Å². The Labute approximate surface area is 137 Å². The monoisotopic (exact) mass is 305 g/mol. The Morgan fingerprint density at radius 1 is 1.26 bits per heavy atom. The molecule has 0 bridgehead atoms. The summed E-state index contributed by atoms with van der Waals surface area (Å²) in [6.07, 6.45) is 5.96. The van der Waals surface area contributed by atoms with Crippen LogP contribution in [0.1, 0.15) is 29.3 Å². The molecular weight excluding hydrogens is 282 g/mol. The molecule has 3 heterocycles. The first-order chi connectivity index (χ1) is 11.2. The molecule has 1 atom stereocenters. The summed E-state index contributed by atoms with van der Waals surface area (Å²) < 4.78 is 2.56. The number of aryl methyl sites for hydroxylation is 3. The summed E-state index contributed by atoms with van der Waals surface area (Å²) in [5, 5.41) is 5.04. The smallest absolute Gasteiger partial charge is 0.0515 e. The van der Waals surface area contributed by atoms with Crippen LogP contribution >= 0.6 is 0 Å². The summed E-state index contributed by atoms with van der Waals surface area (Å²) in [5.74, 6) is 0. The third-order valence-electron chi connectivity index (χ3n) is 4.98. The molecule has 0 saturated heterocycles. The molecule has 1 unspecified atom stereocenters. The molecule has 0 amide bonds. The molecule has 2 aromatic heterocycles. The first-order valence-electron chi connectivity index (χ1n) is 8.46. The molecule has 23 heavy (non-hydrogen) atoms. The fourth-order valence-electron chi connectivity index (χ4n) is 3.82. The Morgan fingerprint density at radius 2 is 2.17 bits per heavy atom. The maximum absolute atomic E-state index is 4.24. The Bertz CT molecular complexity index is 833. The van der Waals surface area contributed by atoms with Gasteiger partial charge in [0.25, 0.3) is 0 Å². The van der Waals surface area contributed by atoms with E-state index >= 15 is 0 Å². The van der Waals surface area contributed by atoms with Crippen molar-refractivity contribution >= 4 is 10.9 Å².